The van der Waals surface area contributed by atoms with Crippen LogP contribution in [0.2, 0.25) is 0 Å². The Labute approximate surface area is 217 Å². The third-order valence-corrected chi connectivity index (χ3v) is 7.58. The van der Waals surface area contributed by atoms with Crippen LogP contribution in [0.5, 0.6) is 0 Å². The van der Waals surface area contributed by atoms with Gasteiger partial charge in [-0.15, -0.1) is 0 Å². The lowest BCUT2D eigenvalue weighted by Crippen LogP contribution is -2.16. The van der Waals surface area contributed by atoms with Crippen LogP contribution in [0.25, 0.3) is 0 Å². The number of rotatable bonds is 28. The molecule has 6 nitrogen and oxygen atoms in total. The van der Waals surface area contributed by atoms with Crippen molar-refractivity contribution in [1.29, 1.82) is 0 Å². The fourth-order valence-electron chi connectivity index (χ4n) is 4.43. The van der Waals surface area contributed by atoms with E-state index in [1.54, 1.807) is 7.05 Å². The molecular weight excluding hydrogens is 461 g/mol. The van der Waals surface area contributed by atoms with Crippen molar-refractivity contribution in [3.63, 3.8) is 0 Å². The van der Waals surface area contributed by atoms with E-state index in [-0.39, 0.29) is 24.9 Å². The van der Waals surface area contributed by atoms with Gasteiger partial charge in [0.05, 0.1) is 13.2 Å². The number of nitrogens with one attached hydrogen (secondary N) is 1. The van der Waals surface area contributed by atoms with Crippen molar-refractivity contribution >= 4 is 13.6 Å². The molecule has 0 aliphatic carbocycles. The Balaban J connectivity index is 3.85. The third-order valence-electron chi connectivity index (χ3n) is 6.59. The van der Waals surface area contributed by atoms with Gasteiger partial charge in [0.15, 0.2) is 0 Å². The summed E-state index contributed by atoms with van der Waals surface area (Å²) in [5.74, 6) is 0.190. The van der Waals surface area contributed by atoms with Crippen LogP contribution in [-0.2, 0) is 18.4 Å². The molecule has 210 valence electrons. The average Bonchev–Trinajstić information content (AvgIpc) is 2.82. The summed E-state index contributed by atoms with van der Waals surface area (Å²) in [5, 5.41) is 2.86. The van der Waals surface area contributed by atoms with E-state index >= 15 is 0 Å². The molecule has 0 aromatic heterocycles. The van der Waals surface area contributed by atoms with Crippen LogP contribution < -0.4 is 5.32 Å². The minimum atomic E-state index is -4.06. The standard InChI is InChI=1S/C28H58NO5P/c1-4-6-7-8-9-10-11-12-13-14-15-16-17-18-19-20-22-27(25-28(30)21-5-2)26-34-35(31,32)33-24-23-29-3/h27,29H,4-26H2,1-3H3,(H,31,32). The predicted molar refractivity (Wildman–Crippen MR) is 148 cm³/mol. The molecule has 0 saturated carbocycles. The Kier molecular flexibility index (Phi) is 25.2. The molecule has 0 spiro atoms. The first kappa shape index (κ1) is 34.7. The van der Waals surface area contributed by atoms with Crippen molar-refractivity contribution in [3.05, 3.63) is 0 Å². The van der Waals surface area contributed by atoms with Crippen LogP contribution in [0, 0.1) is 5.92 Å². The fraction of sp³-hybridized carbons (Fsp3) is 0.964. The number of likely N-dealkylation sites (N-methyl/N-ethyl adjacent to an activating group) is 1. The lowest BCUT2D eigenvalue weighted by atomic mass is 9.94. The summed E-state index contributed by atoms with van der Waals surface area (Å²) in [7, 11) is -2.31. The quantitative estimate of drug-likeness (QED) is 0.0798. The Morgan fingerprint density at radius 1 is 0.771 bits per heavy atom. The van der Waals surface area contributed by atoms with Gasteiger partial charge in [0.25, 0.3) is 0 Å². The molecule has 7 heteroatoms. The highest BCUT2D eigenvalue weighted by Crippen LogP contribution is 2.43. The lowest BCUT2D eigenvalue weighted by Gasteiger charge is -2.19. The zero-order chi connectivity index (χ0) is 26.0. The number of hydrogen-bond acceptors (Lipinski definition) is 5. The first-order chi connectivity index (χ1) is 16.9. The molecule has 0 aromatic rings. The van der Waals surface area contributed by atoms with Crippen LogP contribution in [0.1, 0.15) is 142 Å². The van der Waals surface area contributed by atoms with Gasteiger partial charge >= 0.3 is 7.82 Å². The van der Waals surface area contributed by atoms with Gasteiger partial charge in [0.1, 0.15) is 5.78 Å². The second-order valence-electron chi connectivity index (χ2n) is 10.2. The second kappa shape index (κ2) is 25.4. The molecular formula is C28H58NO5P. The maximum absolute atomic E-state index is 12.1. The Bertz CT molecular complexity index is 518. The van der Waals surface area contributed by atoms with Crippen molar-refractivity contribution in [1.82, 2.24) is 5.32 Å². The molecule has 2 unspecified atom stereocenters. The van der Waals surface area contributed by atoms with Gasteiger partial charge in [-0.25, -0.2) is 4.57 Å². The molecule has 0 amide bonds. The van der Waals surface area contributed by atoms with Crippen molar-refractivity contribution < 1.29 is 23.3 Å². The molecule has 2 N–H and O–H groups in total. The Hall–Kier alpha value is -0.260. The normalized spacial score (nSPS) is 14.2. The number of carbonyl (C=O) groups excluding carboxylic acids is 1. The monoisotopic (exact) mass is 519 g/mol. The maximum atomic E-state index is 12.1. The first-order valence-electron chi connectivity index (χ1n) is 14.7. The van der Waals surface area contributed by atoms with E-state index in [9.17, 15) is 14.3 Å². The number of Topliss-reactive ketones (excluding diaryl/α,β-unsaturated/α-hetero) is 1. The van der Waals surface area contributed by atoms with Crippen LogP contribution in [0.4, 0.5) is 0 Å². The van der Waals surface area contributed by atoms with Crippen molar-refractivity contribution in [2.24, 2.45) is 5.92 Å². The van der Waals surface area contributed by atoms with Gasteiger partial charge in [0.2, 0.25) is 0 Å². The van der Waals surface area contributed by atoms with Crippen LogP contribution in [0.3, 0.4) is 0 Å². The van der Waals surface area contributed by atoms with E-state index in [0.717, 1.165) is 25.7 Å². The molecule has 0 saturated heterocycles. The molecule has 0 bridgehead atoms. The van der Waals surface area contributed by atoms with Crippen LogP contribution in [-0.4, -0.2) is 37.5 Å². The van der Waals surface area contributed by atoms with Gasteiger partial charge in [-0.3, -0.25) is 13.8 Å². The van der Waals surface area contributed by atoms with E-state index in [2.05, 4.69) is 12.2 Å². The predicted octanol–water partition coefficient (Wildman–Crippen LogP) is 8.37. The first-order valence-corrected chi connectivity index (χ1v) is 16.2. The lowest BCUT2D eigenvalue weighted by molar-refractivity contribution is -0.120. The Morgan fingerprint density at radius 3 is 1.71 bits per heavy atom. The summed E-state index contributed by atoms with van der Waals surface area (Å²) in [6.07, 6.45) is 24.0. The minimum absolute atomic E-state index is 0.0194. The van der Waals surface area contributed by atoms with E-state index < -0.39 is 7.82 Å². The molecule has 0 aliphatic rings. The van der Waals surface area contributed by atoms with Crippen molar-refractivity contribution in [2.75, 3.05) is 26.8 Å². The topological polar surface area (TPSA) is 84.9 Å². The molecule has 0 aliphatic heterocycles. The van der Waals surface area contributed by atoms with Crippen LogP contribution in [0.15, 0.2) is 0 Å². The molecule has 35 heavy (non-hydrogen) atoms. The van der Waals surface area contributed by atoms with Gasteiger partial charge in [-0.1, -0.05) is 117 Å². The summed E-state index contributed by atoms with van der Waals surface area (Å²) < 4.78 is 22.2. The molecule has 0 heterocycles. The number of carbonyl (C=O) groups is 1. The zero-order valence-corrected chi connectivity index (χ0v) is 24.3. The summed E-state index contributed by atoms with van der Waals surface area (Å²) >= 11 is 0. The molecule has 0 radical (unpaired) electrons. The van der Waals surface area contributed by atoms with E-state index in [0.29, 0.717) is 19.4 Å². The number of ketones is 1. The Morgan fingerprint density at radius 2 is 1.26 bits per heavy atom. The fourth-order valence-corrected chi connectivity index (χ4v) is 5.22. The van der Waals surface area contributed by atoms with E-state index in [1.807, 2.05) is 6.92 Å². The zero-order valence-electron chi connectivity index (χ0n) is 23.4. The number of unbranched alkanes of at least 4 members (excludes halogenated alkanes) is 15. The van der Waals surface area contributed by atoms with Crippen molar-refractivity contribution in [3.8, 4) is 0 Å². The summed E-state index contributed by atoms with van der Waals surface area (Å²) in [5.41, 5.74) is 0. The van der Waals surface area contributed by atoms with Gasteiger partial charge in [-0.05, 0) is 25.8 Å². The van der Waals surface area contributed by atoms with Crippen molar-refractivity contribution in [2.45, 2.75) is 142 Å². The van der Waals surface area contributed by atoms with Gasteiger partial charge < -0.3 is 10.2 Å². The van der Waals surface area contributed by atoms with E-state index in [1.165, 1.54) is 89.9 Å². The third kappa shape index (κ3) is 25.2. The number of phosphoric acid groups is 1. The average molecular weight is 520 g/mol. The SMILES string of the molecule is CCCCCCCCCCCCCCCCCCC(COP(=O)(O)OCCNC)CC(=O)CCC. The summed E-state index contributed by atoms with van der Waals surface area (Å²) in [6, 6.07) is 0. The maximum Gasteiger partial charge on any atom is 0.472 e. The largest absolute Gasteiger partial charge is 0.472 e. The summed E-state index contributed by atoms with van der Waals surface area (Å²) in [4.78, 5) is 22.0. The summed E-state index contributed by atoms with van der Waals surface area (Å²) in [6.45, 7) is 4.96. The number of phosphoric ester groups is 1. The van der Waals surface area contributed by atoms with Crippen LogP contribution >= 0.6 is 7.82 Å². The molecule has 0 rings (SSSR count). The molecule has 0 aromatic carbocycles. The second-order valence-corrected chi connectivity index (χ2v) is 11.6. The highest BCUT2D eigenvalue weighted by atomic mass is 31.2. The molecule has 2 atom stereocenters. The minimum Gasteiger partial charge on any atom is -0.317 e. The van der Waals surface area contributed by atoms with E-state index in [4.69, 9.17) is 9.05 Å². The smallest absolute Gasteiger partial charge is 0.317 e. The highest BCUT2D eigenvalue weighted by Gasteiger charge is 2.24. The highest BCUT2D eigenvalue weighted by molar-refractivity contribution is 7.47. The molecule has 0 fully saturated rings. The number of hydrogen-bond donors (Lipinski definition) is 2. The van der Waals surface area contributed by atoms with Gasteiger partial charge in [-0.2, -0.15) is 0 Å². The van der Waals surface area contributed by atoms with Gasteiger partial charge in [0, 0.05) is 19.4 Å².